The molecule has 3 nitrogen and oxygen atoms in total. The van der Waals surface area contributed by atoms with E-state index in [1.807, 2.05) is 29.9 Å². The number of ether oxygens (including phenoxy) is 1. The van der Waals surface area contributed by atoms with E-state index in [1.165, 1.54) is 5.56 Å². The second kappa shape index (κ2) is 5.87. The molecule has 0 spiro atoms. The van der Waals surface area contributed by atoms with Crippen molar-refractivity contribution < 1.29 is 4.74 Å². The highest BCUT2D eigenvalue weighted by atomic mass is 79.9. The molecule has 2 aromatic rings. The van der Waals surface area contributed by atoms with Gasteiger partial charge in [0.2, 0.25) is 0 Å². The second-order valence-electron chi connectivity index (χ2n) is 3.83. The molecule has 1 aromatic heterocycles. The van der Waals surface area contributed by atoms with E-state index >= 15 is 0 Å². The lowest BCUT2D eigenvalue weighted by molar-refractivity contribution is 0.317. The van der Waals surface area contributed by atoms with Crippen LogP contribution < -0.4 is 4.74 Å². The predicted molar refractivity (Wildman–Crippen MR) is 71.5 cm³/mol. The molecular weight excluding hydrogens is 280 g/mol. The Labute approximate surface area is 110 Å². The van der Waals surface area contributed by atoms with E-state index in [2.05, 4.69) is 33.0 Å². The third-order valence-corrected chi connectivity index (χ3v) is 3.24. The third-order valence-electron chi connectivity index (χ3n) is 2.59. The predicted octanol–water partition coefficient (Wildman–Crippen LogP) is 2.94. The first-order valence-corrected chi connectivity index (χ1v) is 6.65. The summed E-state index contributed by atoms with van der Waals surface area (Å²) in [5, 5.41) is 0.876. The van der Waals surface area contributed by atoms with E-state index in [1.54, 1.807) is 6.20 Å². The first-order chi connectivity index (χ1) is 8.29. The Morgan fingerprint density at radius 3 is 2.65 bits per heavy atom. The van der Waals surface area contributed by atoms with Crippen molar-refractivity contribution in [1.82, 2.24) is 9.55 Å². The minimum absolute atomic E-state index is 0.651. The zero-order valence-corrected chi connectivity index (χ0v) is 11.4. The Morgan fingerprint density at radius 2 is 2.06 bits per heavy atom. The number of rotatable bonds is 5. The average molecular weight is 295 g/mol. The number of aryl methyl sites for hydroxylation is 1. The topological polar surface area (TPSA) is 27.1 Å². The summed E-state index contributed by atoms with van der Waals surface area (Å²) < 4.78 is 7.68. The van der Waals surface area contributed by atoms with Crippen molar-refractivity contribution in [1.29, 1.82) is 0 Å². The van der Waals surface area contributed by atoms with E-state index in [4.69, 9.17) is 4.74 Å². The van der Waals surface area contributed by atoms with E-state index in [9.17, 15) is 0 Å². The summed E-state index contributed by atoms with van der Waals surface area (Å²) in [6.07, 6.45) is 4.57. The van der Waals surface area contributed by atoms with Crippen molar-refractivity contribution in [3.8, 4) is 5.75 Å². The van der Waals surface area contributed by atoms with E-state index in [0.717, 1.165) is 23.3 Å². The molecule has 0 saturated heterocycles. The Kier molecular flexibility index (Phi) is 4.20. The zero-order valence-electron chi connectivity index (χ0n) is 9.77. The van der Waals surface area contributed by atoms with Crippen LogP contribution in [0.2, 0.25) is 0 Å². The number of imidazole rings is 1. The van der Waals surface area contributed by atoms with Gasteiger partial charge in [-0.1, -0.05) is 28.1 Å². The van der Waals surface area contributed by atoms with Crippen molar-refractivity contribution in [2.45, 2.75) is 11.8 Å². The van der Waals surface area contributed by atoms with Crippen molar-refractivity contribution in [2.75, 3.05) is 6.61 Å². The van der Waals surface area contributed by atoms with Crippen molar-refractivity contribution in [2.24, 2.45) is 7.05 Å². The second-order valence-corrected chi connectivity index (χ2v) is 4.39. The molecule has 0 saturated carbocycles. The molecule has 0 unspecified atom stereocenters. The van der Waals surface area contributed by atoms with Crippen molar-refractivity contribution in [3.05, 3.63) is 48.0 Å². The van der Waals surface area contributed by atoms with Crippen molar-refractivity contribution >= 4 is 15.9 Å². The molecule has 0 aliphatic carbocycles. The van der Waals surface area contributed by atoms with E-state index in [-0.39, 0.29) is 0 Å². The van der Waals surface area contributed by atoms with Gasteiger partial charge in [0.05, 0.1) is 6.61 Å². The monoisotopic (exact) mass is 294 g/mol. The molecule has 1 heterocycles. The summed E-state index contributed by atoms with van der Waals surface area (Å²) in [6.45, 7) is 0.651. The van der Waals surface area contributed by atoms with Gasteiger partial charge in [0.25, 0.3) is 0 Å². The summed E-state index contributed by atoms with van der Waals surface area (Å²) in [7, 11) is 1.99. The Balaban J connectivity index is 1.83. The number of halogens is 1. The smallest absolute Gasteiger partial charge is 0.119 e. The highest BCUT2D eigenvalue weighted by Crippen LogP contribution is 2.14. The number of nitrogens with zero attached hydrogens (tertiary/aromatic N) is 2. The molecule has 17 heavy (non-hydrogen) atoms. The van der Waals surface area contributed by atoms with Crippen LogP contribution >= 0.6 is 15.9 Å². The molecule has 0 radical (unpaired) electrons. The largest absolute Gasteiger partial charge is 0.493 e. The maximum Gasteiger partial charge on any atom is 0.119 e. The van der Waals surface area contributed by atoms with Gasteiger partial charge in [-0.05, 0) is 17.7 Å². The molecule has 4 heteroatoms. The highest BCUT2D eigenvalue weighted by molar-refractivity contribution is 9.08. The fraction of sp³-hybridized carbons (Fsp3) is 0.308. The quantitative estimate of drug-likeness (QED) is 0.793. The lowest BCUT2D eigenvalue weighted by Gasteiger charge is -2.06. The number of aromatic nitrogens is 2. The minimum Gasteiger partial charge on any atom is -0.493 e. The van der Waals surface area contributed by atoms with Crippen LogP contribution in [0.15, 0.2) is 36.7 Å². The van der Waals surface area contributed by atoms with Crippen LogP contribution in [-0.2, 0) is 18.8 Å². The lowest BCUT2D eigenvalue weighted by Crippen LogP contribution is -2.06. The normalized spacial score (nSPS) is 10.5. The third kappa shape index (κ3) is 3.33. The van der Waals surface area contributed by atoms with Crippen LogP contribution in [0.4, 0.5) is 0 Å². The summed E-state index contributed by atoms with van der Waals surface area (Å²) in [4.78, 5) is 4.25. The van der Waals surface area contributed by atoms with Crippen LogP contribution in [0.3, 0.4) is 0 Å². The van der Waals surface area contributed by atoms with Gasteiger partial charge < -0.3 is 9.30 Å². The SMILES string of the molecule is Cn1ccnc1CCOc1ccc(CBr)cc1. The van der Waals surface area contributed by atoms with Gasteiger partial charge in [0.1, 0.15) is 11.6 Å². The molecule has 2 rings (SSSR count). The zero-order chi connectivity index (χ0) is 12.1. The summed E-state index contributed by atoms with van der Waals surface area (Å²) in [5.41, 5.74) is 1.25. The number of hydrogen-bond acceptors (Lipinski definition) is 2. The van der Waals surface area contributed by atoms with Gasteiger partial charge in [-0.15, -0.1) is 0 Å². The molecular formula is C13H15BrN2O. The first kappa shape index (κ1) is 12.2. The standard InChI is InChI=1S/C13H15BrN2O/c1-16-8-7-15-13(16)6-9-17-12-4-2-11(10-14)3-5-12/h2-5,7-8H,6,9-10H2,1H3. The van der Waals surface area contributed by atoms with Gasteiger partial charge >= 0.3 is 0 Å². The number of alkyl halides is 1. The molecule has 0 aliphatic heterocycles. The molecule has 0 atom stereocenters. The molecule has 0 aliphatic rings. The summed E-state index contributed by atoms with van der Waals surface area (Å²) >= 11 is 3.42. The first-order valence-electron chi connectivity index (χ1n) is 5.53. The Hall–Kier alpha value is -1.29. The van der Waals surface area contributed by atoms with Crippen LogP contribution in [0.25, 0.3) is 0 Å². The maximum absolute atomic E-state index is 5.67. The molecule has 1 aromatic carbocycles. The molecule has 0 fully saturated rings. The van der Waals surface area contributed by atoms with Gasteiger partial charge in [-0.3, -0.25) is 0 Å². The van der Waals surface area contributed by atoms with E-state index in [0.29, 0.717) is 6.61 Å². The Morgan fingerprint density at radius 1 is 1.29 bits per heavy atom. The van der Waals surface area contributed by atoms with Gasteiger partial charge in [-0.25, -0.2) is 4.98 Å². The lowest BCUT2D eigenvalue weighted by atomic mass is 10.2. The summed E-state index contributed by atoms with van der Waals surface area (Å²) in [5.74, 6) is 1.95. The molecule has 90 valence electrons. The van der Waals surface area contributed by atoms with Gasteiger partial charge in [0.15, 0.2) is 0 Å². The van der Waals surface area contributed by atoms with Crippen LogP contribution in [-0.4, -0.2) is 16.2 Å². The van der Waals surface area contributed by atoms with Crippen LogP contribution in [0.5, 0.6) is 5.75 Å². The molecule has 0 N–H and O–H groups in total. The molecule has 0 bridgehead atoms. The van der Waals surface area contributed by atoms with Gasteiger partial charge in [0, 0.05) is 31.2 Å². The van der Waals surface area contributed by atoms with Gasteiger partial charge in [-0.2, -0.15) is 0 Å². The maximum atomic E-state index is 5.67. The van der Waals surface area contributed by atoms with Crippen LogP contribution in [0.1, 0.15) is 11.4 Å². The Bertz CT molecular complexity index is 465. The van der Waals surface area contributed by atoms with Crippen molar-refractivity contribution in [3.63, 3.8) is 0 Å². The van der Waals surface area contributed by atoms with Crippen LogP contribution in [0, 0.1) is 0 Å². The average Bonchev–Trinajstić information content (AvgIpc) is 2.76. The van der Waals surface area contributed by atoms with E-state index < -0.39 is 0 Å². The number of benzene rings is 1. The minimum atomic E-state index is 0.651. The summed E-state index contributed by atoms with van der Waals surface area (Å²) in [6, 6.07) is 8.11. The highest BCUT2D eigenvalue weighted by Gasteiger charge is 2.00. The fourth-order valence-corrected chi connectivity index (χ4v) is 1.95. The molecule has 0 amide bonds. The number of hydrogen-bond donors (Lipinski definition) is 0. The fourth-order valence-electron chi connectivity index (χ4n) is 1.57.